The van der Waals surface area contributed by atoms with Crippen LogP contribution in [0, 0.1) is 17.8 Å². The first-order valence-electron chi connectivity index (χ1n) is 15.5. The predicted molar refractivity (Wildman–Crippen MR) is 179 cm³/mol. The molecule has 0 heterocycles. The average Bonchev–Trinajstić information content (AvgIpc) is 2.98. The van der Waals surface area contributed by atoms with E-state index in [-0.39, 0.29) is 30.6 Å². The third-order valence-corrected chi connectivity index (χ3v) is 7.18. The number of aliphatic carboxylic acids is 2. The van der Waals surface area contributed by atoms with Crippen LogP contribution in [-0.4, -0.2) is 69.9 Å². The second kappa shape index (κ2) is 25.5. The minimum atomic E-state index is -0.992. The normalized spacial score (nSPS) is 13.1. The van der Waals surface area contributed by atoms with Gasteiger partial charge in [0.1, 0.15) is 0 Å². The van der Waals surface area contributed by atoms with Crippen LogP contribution in [0.5, 0.6) is 0 Å². The molecule has 2 amide bonds. The highest BCUT2D eigenvalue weighted by molar-refractivity contribution is 5.84. The number of hydrogen-bond acceptors (Lipinski definition) is 4. The first-order chi connectivity index (χ1) is 21.1. The number of carbonyl (C=O) groups is 4. The van der Waals surface area contributed by atoms with Crippen LogP contribution in [0.4, 0.5) is 0 Å². The molecule has 0 aromatic carbocycles. The topological polar surface area (TPSA) is 115 Å². The van der Waals surface area contributed by atoms with Crippen LogP contribution in [0.1, 0.15) is 70.6 Å². The molecule has 8 nitrogen and oxygen atoms in total. The van der Waals surface area contributed by atoms with Gasteiger partial charge in [0.15, 0.2) is 0 Å². The van der Waals surface area contributed by atoms with Gasteiger partial charge in [-0.05, 0) is 63.7 Å². The maximum atomic E-state index is 13.0. The van der Waals surface area contributed by atoms with Gasteiger partial charge in [0.2, 0.25) is 11.8 Å². The first kappa shape index (κ1) is 40.1. The Morgan fingerprint density at radius 2 is 0.977 bits per heavy atom. The molecule has 0 aromatic rings. The Labute approximate surface area is 264 Å². The fraction of sp³-hybridized carbons (Fsp3) is 0.500. The summed E-state index contributed by atoms with van der Waals surface area (Å²) in [7, 11) is 0. The molecule has 0 aromatic heterocycles. The van der Waals surface area contributed by atoms with Crippen molar-refractivity contribution in [3.63, 3.8) is 0 Å². The van der Waals surface area contributed by atoms with E-state index in [1.807, 2.05) is 12.2 Å². The lowest BCUT2D eigenvalue weighted by molar-refractivity contribution is -0.144. The van der Waals surface area contributed by atoms with E-state index in [1.54, 1.807) is 34.1 Å². The highest BCUT2D eigenvalue weighted by atomic mass is 16.4. The standard InChI is InChI=1S/C36H54N2O6/c1-6-23-37(24-7-2)35(43)31(28-33(39)40)22-20-18-16-14-12-11-13-15-17-19-21-30(10-5)27-32(29-34(41)42)36(44)38(25-8-3)26-9-4/h6-10,13,15-16,18,30-32H,1-5,11-12,14,17,19-29H2,(H,39,40)(H,41,42)/b15-13-,18-16+. The number of nitrogens with zero attached hydrogens (tertiary/aromatic N) is 2. The van der Waals surface area contributed by atoms with E-state index in [0.29, 0.717) is 45.4 Å². The summed E-state index contributed by atoms with van der Waals surface area (Å²) in [5, 5.41) is 18.6. The number of carboxylic acid groups (broad SMARTS) is 2. The van der Waals surface area contributed by atoms with E-state index >= 15 is 0 Å². The van der Waals surface area contributed by atoms with Crippen LogP contribution in [0.2, 0.25) is 0 Å². The Morgan fingerprint density at radius 1 is 0.568 bits per heavy atom. The smallest absolute Gasteiger partial charge is 0.304 e. The molecule has 0 aliphatic rings. The van der Waals surface area contributed by atoms with E-state index in [4.69, 9.17) is 0 Å². The van der Waals surface area contributed by atoms with Crippen molar-refractivity contribution in [2.75, 3.05) is 26.2 Å². The van der Waals surface area contributed by atoms with E-state index < -0.39 is 23.8 Å². The van der Waals surface area contributed by atoms with Gasteiger partial charge in [-0.3, -0.25) is 19.2 Å². The lowest BCUT2D eigenvalue weighted by Gasteiger charge is -2.26. The van der Waals surface area contributed by atoms with Gasteiger partial charge in [0.25, 0.3) is 0 Å². The molecule has 8 heteroatoms. The molecule has 0 radical (unpaired) electrons. The van der Waals surface area contributed by atoms with Crippen LogP contribution in [-0.2, 0) is 19.2 Å². The molecule has 0 aliphatic heterocycles. The molecule has 0 saturated carbocycles. The number of rotatable bonds is 28. The number of unbranched alkanes of at least 4 members (excludes halogenated alkanes) is 3. The highest BCUT2D eigenvalue weighted by Gasteiger charge is 2.28. The highest BCUT2D eigenvalue weighted by Crippen LogP contribution is 2.24. The SMILES string of the molecule is C=CCN(CC=C)C(=O)C(CC/C=C/CCC/C=C\CCCC(C=C)CC(CC(=O)O)C(=O)N(CC=C)CC=C)CC(=O)O. The van der Waals surface area contributed by atoms with Crippen molar-refractivity contribution in [3.8, 4) is 0 Å². The second-order valence-corrected chi connectivity index (χ2v) is 10.8. The molecule has 3 atom stereocenters. The number of hydrogen-bond donors (Lipinski definition) is 2. The summed E-state index contributed by atoms with van der Waals surface area (Å²) in [5.74, 6) is -3.50. The van der Waals surface area contributed by atoms with Gasteiger partial charge >= 0.3 is 11.9 Å². The molecule has 44 heavy (non-hydrogen) atoms. The van der Waals surface area contributed by atoms with Crippen LogP contribution in [0.3, 0.4) is 0 Å². The van der Waals surface area contributed by atoms with Crippen molar-refractivity contribution in [1.82, 2.24) is 9.80 Å². The van der Waals surface area contributed by atoms with E-state index in [1.165, 1.54) is 0 Å². The van der Waals surface area contributed by atoms with Gasteiger partial charge in [-0.2, -0.15) is 0 Å². The van der Waals surface area contributed by atoms with Crippen molar-refractivity contribution in [1.29, 1.82) is 0 Å². The molecular formula is C36H54N2O6. The first-order valence-corrected chi connectivity index (χ1v) is 15.5. The number of amides is 2. The third-order valence-electron chi connectivity index (χ3n) is 7.18. The van der Waals surface area contributed by atoms with Crippen molar-refractivity contribution >= 4 is 23.8 Å². The van der Waals surface area contributed by atoms with Gasteiger partial charge in [0, 0.05) is 38.0 Å². The predicted octanol–water partition coefficient (Wildman–Crippen LogP) is 6.99. The lowest BCUT2D eigenvalue weighted by Crippen LogP contribution is -2.38. The second-order valence-electron chi connectivity index (χ2n) is 10.8. The Kier molecular flexibility index (Phi) is 23.3. The van der Waals surface area contributed by atoms with Crippen molar-refractivity contribution < 1.29 is 29.4 Å². The zero-order valence-corrected chi connectivity index (χ0v) is 26.5. The Balaban J connectivity index is 4.57. The zero-order valence-electron chi connectivity index (χ0n) is 26.5. The van der Waals surface area contributed by atoms with Crippen LogP contribution >= 0.6 is 0 Å². The summed E-state index contributed by atoms with van der Waals surface area (Å²) in [6, 6.07) is 0. The van der Waals surface area contributed by atoms with Crippen molar-refractivity contribution in [2.45, 2.75) is 70.6 Å². The van der Waals surface area contributed by atoms with Gasteiger partial charge < -0.3 is 20.0 Å². The maximum absolute atomic E-state index is 13.0. The molecule has 3 unspecified atom stereocenters. The van der Waals surface area contributed by atoms with E-state index in [0.717, 1.165) is 38.5 Å². The van der Waals surface area contributed by atoms with Crippen molar-refractivity contribution in [3.05, 3.63) is 87.6 Å². The molecule has 0 bridgehead atoms. The molecular weight excluding hydrogens is 556 g/mol. The summed E-state index contributed by atoms with van der Waals surface area (Å²) >= 11 is 0. The van der Waals surface area contributed by atoms with Gasteiger partial charge in [-0.1, -0.05) is 54.7 Å². The molecule has 0 fully saturated rings. The number of allylic oxidation sites excluding steroid dienone is 5. The number of carbonyl (C=O) groups excluding carboxylic acids is 2. The van der Waals surface area contributed by atoms with Crippen LogP contribution in [0.25, 0.3) is 0 Å². The summed E-state index contributed by atoms with van der Waals surface area (Å²) in [6.07, 6.45) is 23.3. The Hall–Kier alpha value is -3.94. The summed E-state index contributed by atoms with van der Waals surface area (Å²) in [5.41, 5.74) is 0. The minimum Gasteiger partial charge on any atom is -0.481 e. The van der Waals surface area contributed by atoms with Gasteiger partial charge in [-0.25, -0.2) is 0 Å². The molecule has 0 aliphatic carbocycles. The maximum Gasteiger partial charge on any atom is 0.304 e. The summed E-state index contributed by atoms with van der Waals surface area (Å²) in [6.45, 7) is 20.0. The fourth-order valence-electron chi connectivity index (χ4n) is 4.97. The molecule has 0 saturated heterocycles. The van der Waals surface area contributed by atoms with Crippen molar-refractivity contribution in [2.24, 2.45) is 17.8 Å². The summed E-state index contributed by atoms with van der Waals surface area (Å²) < 4.78 is 0. The van der Waals surface area contributed by atoms with Crippen LogP contribution < -0.4 is 0 Å². The van der Waals surface area contributed by atoms with Gasteiger partial charge in [0.05, 0.1) is 12.8 Å². The zero-order chi connectivity index (χ0) is 33.2. The van der Waals surface area contributed by atoms with E-state index in [9.17, 15) is 29.4 Å². The Morgan fingerprint density at radius 3 is 1.41 bits per heavy atom. The summed E-state index contributed by atoms with van der Waals surface area (Å²) in [4.78, 5) is 51.7. The minimum absolute atomic E-state index is 0.0496. The monoisotopic (exact) mass is 610 g/mol. The fourth-order valence-corrected chi connectivity index (χ4v) is 4.97. The molecule has 0 spiro atoms. The molecule has 2 N–H and O–H groups in total. The molecule has 0 rings (SSSR count). The van der Waals surface area contributed by atoms with E-state index in [2.05, 4.69) is 51.1 Å². The van der Waals surface area contributed by atoms with Crippen LogP contribution in [0.15, 0.2) is 87.6 Å². The largest absolute Gasteiger partial charge is 0.481 e. The number of carboxylic acids is 2. The lowest BCUT2D eigenvalue weighted by atomic mass is 9.87. The molecule has 244 valence electrons. The van der Waals surface area contributed by atoms with Gasteiger partial charge in [-0.15, -0.1) is 32.9 Å². The average molecular weight is 611 g/mol. The quantitative estimate of drug-likeness (QED) is 0.0729. The Bertz CT molecular complexity index is 979. The third kappa shape index (κ3) is 18.6.